The third-order valence-electron chi connectivity index (χ3n) is 4.04. The van der Waals surface area contributed by atoms with Crippen molar-refractivity contribution in [1.29, 1.82) is 0 Å². The fourth-order valence-corrected chi connectivity index (χ4v) is 4.37. The second-order valence-electron chi connectivity index (χ2n) is 5.97. The predicted octanol–water partition coefficient (Wildman–Crippen LogP) is 2.59. The number of rotatable bonds is 7. The maximum atomic E-state index is 12.6. The molecule has 0 saturated carbocycles. The van der Waals surface area contributed by atoms with Crippen LogP contribution in [0.4, 0.5) is 0 Å². The largest absolute Gasteiger partial charge is 0.459 e. The first-order chi connectivity index (χ1) is 13.0. The van der Waals surface area contributed by atoms with E-state index in [1.54, 1.807) is 30.0 Å². The number of sulfonamides is 1. The van der Waals surface area contributed by atoms with Gasteiger partial charge in [0.05, 0.1) is 4.90 Å². The Morgan fingerprint density at radius 1 is 1.15 bits per heavy atom. The van der Waals surface area contributed by atoms with Crippen LogP contribution in [0.2, 0.25) is 0 Å². The Morgan fingerprint density at radius 3 is 2.59 bits per heavy atom. The van der Waals surface area contributed by atoms with Crippen LogP contribution in [0.15, 0.2) is 64.5 Å². The summed E-state index contributed by atoms with van der Waals surface area (Å²) in [7, 11) is -3.64. The van der Waals surface area contributed by atoms with Crippen molar-refractivity contribution >= 4 is 33.6 Å². The molecule has 0 amide bonds. The lowest BCUT2D eigenvalue weighted by molar-refractivity contribution is -0.146. The van der Waals surface area contributed by atoms with Gasteiger partial charge in [-0.1, -0.05) is 42.5 Å². The van der Waals surface area contributed by atoms with Gasteiger partial charge in [0.2, 0.25) is 0 Å². The monoisotopic (exact) mass is 404 g/mol. The molecule has 1 N–H and O–H groups in total. The maximum absolute atomic E-state index is 12.6. The molecule has 1 aliphatic heterocycles. The minimum absolute atomic E-state index is 0.155. The molecule has 27 heavy (non-hydrogen) atoms. The number of benzene rings is 2. The molecule has 2 aromatic carbocycles. The standard InChI is InChI=1S/C19H20N2O4S2/c1-26-12-11-16(19(22)25-13-14-7-3-2-4-8-14)20-18-15-9-5-6-10-17(15)27(23,24)21-18/h2-10,16H,11-13H2,1H3,(H,20,21)/t16-/m0/s1. The second kappa shape index (κ2) is 8.58. The van der Waals surface area contributed by atoms with Crippen molar-refractivity contribution in [2.45, 2.75) is 24.0 Å². The zero-order chi connectivity index (χ0) is 19.3. The van der Waals surface area contributed by atoms with Gasteiger partial charge in [-0.15, -0.1) is 0 Å². The number of carbonyl (C=O) groups is 1. The zero-order valence-electron chi connectivity index (χ0n) is 14.8. The number of nitrogens with one attached hydrogen (secondary N) is 1. The number of hydrogen-bond acceptors (Lipinski definition) is 6. The topological polar surface area (TPSA) is 84.8 Å². The Balaban J connectivity index is 1.81. The summed E-state index contributed by atoms with van der Waals surface area (Å²) in [6, 6.07) is 15.2. The van der Waals surface area contributed by atoms with Crippen molar-refractivity contribution in [3.8, 4) is 0 Å². The molecular formula is C19H20N2O4S2. The summed E-state index contributed by atoms with van der Waals surface area (Å²) in [6.07, 6.45) is 2.40. The molecule has 0 radical (unpaired) electrons. The van der Waals surface area contributed by atoms with Crippen LogP contribution < -0.4 is 4.72 Å². The van der Waals surface area contributed by atoms with Gasteiger partial charge < -0.3 is 4.74 Å². The summed E-state index contributed by atoms with van der Waals surface area (Å²) in [4.78, 5) is 17.1. The van der Waals surface area contributed by atoms with Gasteiger partial charge in [0.15, 0.2) is 6.04 Å². The number of carbonyl (C=O) groups excluding carboxylic acids is 1. The van der Waals surface area contributed by atoms with Gasteiger partial charge in [-0.05, 0) is 36.1 Å². The lowest BCUT2D eigenvalue weighted by Gasteiger charge is -2.13. The van der Waals surface area contributed by atoms with Crippen LogP contribution in [0.1, 0.15) is 17.5 Å². The van der Waals surface area contributed by atoms with Crippen LogP contribution >= 0.6 is 11.8 Å². The minimum Gasteiger partial charge on any atom is -0.459 e. The highest BCUT2D eigenvalue weighted by Gasteiger charge is 2.32. The highest BCUT2D eigenvalue weighted by molar-refractivity contribution is 7.98. The minimum atomic E-state index is -3.64. The van der Waals surface area contributed by atoms with Crippen LogP contribution in [0.5, 0.6) is 0 Å². The van der Waals surface area contributed by atoms with Crippen molar-refractivity contribution in [3.63, 3.8) is 0 Å². The van der Waals surface area contributed by atoms with E-state index >= 15 is 0 Å². The Kier molecular flexibility index (Phi) is 6.18. The van der Waals surface area contributed by atoms with Crippen LogP contribution in [0, 0.1) is 0 Å². The Morgan fingerprint density at radius 2 is 1.85 bits per heavy atom. The van der Waals surface area contributed by atoms with E-state index in [1.165, 1.54) is 6.07 Å². The van der Waals surface area contributed by atoms with E-state index in [2.05, 4.69) is 9.71 Å². The fraction of sp³-hybridized carbons (Fsp3) is 0.263. The fourth-order valence-electron chi connectivity index (χ4n) is 2.68. The number of aliphatic imine (C=N–C) groups is 1. The van der Waals surface area contributed by atoms with E-state index in [4.69, 9.17) is 4.74 Å². The highest BCUT2D eigenvalue weighted by atomic mass is 32.2. The van der Waals surface area contributed by atoms with Crippen molar-refractivity contribution in [2.75, 3.05) is 12.0 Å². The molecule has 0 spiro atoms. The summed E-state index contributed by atoms with van der Waals surface area (Å²) < 4.78 is 32.3. The number of amidine groups is 1. The number of ether oxygens (including phenoxy) is 1. The number of hydrogen-bond donors (Lipinski definition) is 1. The smallest absolute Gasteiger partial charge is 0.331 e. The maximum Gasteiger partial charge on any atom is 0.331 e. The first-order valence-corrected chi connectivity index (χ1v) is 11.3. The quantitative estimate of drug-likeness (QED) is 0.717. The first-order valence-electron chi connectivity index (χ1n) is 8.41. The second-order valence-corrected chi connectivity index (χ2v) is 8.61. The van der Waals surface area contributed by atoms with Crippen LogP contribution in [-0.4, -0.2) is 38.3 Å². The molecule has 0 unspecified atom stereocenters. The number of nitrogens with zero attached hydrogens (tertiary/aromatic N) is 1. The predicted molar refractivity (Wildman–Crippen MR) is 106 cm³/mol. The van der Waals surface area contributed by atoms with Gasteiger partial charge in [-0.25, -0.2) is 13.2 Å². The van der Waals surface area contributed by atoms with Gasteiger partial charge in [-0.2, -0.15) is 11.8 Å². The molecule has 2 aromatic rings. The molecular weight excluding hydrogens is 384 g/mol. The highest BCUT2D eigenvalue weighted by Crippen LogP contribution is 2.23. The van der Waals surface area contributed by atoms with E-state index in [0.29, 0.717) is 17.7 Å². The number of esters is 1. The SMILES string of the molecule is CSCC[C@H](N=C1NS(=O)(=O)c2ccccc21)C(=O)OCc1ccccc1. The van der Waals surface area contributed by atoms with Gasteiger partial charge in [-0.3, -0.25) is 9.71 Å². The van der Waals surface area contributed by atoms with Crippen molar-refractivity contribution < 1.29 is 17.9 Å². The molecule has 1 heterocycles. The Labute approximate surface area is 163 Å². The zero-order valence-corrected chi connectivity index (χ0v) is 16.4. The molecule has 142 valence electrons. The molecule has 0 bridgehead atoms. The molecule has 6 nitrogen and oxygen atoms in total. The summed E-state index contributed by atoms with van der Waals surface area (Å²) in [6.45, 7) is 0.155. The number of fused-ring (bicyclic) bond motifs is 1. The van der Waals surface area contributed by atoms with Crippen LogP contribution in [-0.2, 0) is 26.2 Å². The molecule has 3 rings (SSSR count). The van der Waals surface area contributed by atoms with E-state index in [-0.39, 0.29) is 17.3 Å². The van der Waals surface area contributed by atoms with E-state index in [9.17, 15) is 13.2 Å². The lowest BCUT2D eigenvalue weighted by Crippen LogP contribution is -2.28. The average Bonchev–Trinajstić information content (AvgIpc) is 2.94. The van der Waals surface area contributed by atoms with Gasteiger partial charge >= 0.3 is 5.97 Å². The molecule has 8 heteroatoms. The summed E-state index contributed by atoms with van der Waals surface area (Å²) >= 11 is 1.59. The summed E-state index contributed by atoms with van der Waals surface area (Å²) in [5, 5.41) is 0. The molecule has 1 atom stereocenters. The Bertz CT molecular complexity index is 943. The van der Waals surface area contributed by atoms with E-state index < -0.39 is 22.0 Å². The molecule has 0 saturated heterocycles. The van der Waals surface area contributed by atoms with Gasteiger partial charge in [0, 0.05) is 5.56 Å². The van der Waals surface area contributed by atoms with E-state index in [1.807, 2.05) is 36.6 Å². The lowest BCUT2D eigenvalue weighted by atomic mass is 10.2. The summed E-state index contributed by atoms with van der Waals surface area (Å²) in [5.74, 6) is 0.424. The normalized spacial score (nSPS) is 17.1. The third kappa shape index (κ3) is 4.70. The van der Waals surface area contributed by atoms with Gasteiger partial charge in [0.25, 0.3) is 10.0 Å². The van der Waals surface area contributed by atoms with Crippen molar-refractivity contribution in [3.05, 3.63) is 65.7 Å². The van der Waals surface area contributed by atoms with Crippen molar-refractivity contribution in [1.82, 2.24) is 4.72 Å². The first kappa shape index (κ1) is 19.4. The molecule has 0 fully saturated rings. The Hall–Kier alpha value is -2.32. The van der Waals surface area contributed by atoms with Gasteiger partial charge in [0.1, 0.15) is 12.4 Å². The molecule has 1 aliphatic rings. The molecule has 0 aliphatic carbocycles. The van der Waals surface area contributed by atoms with E-state index in [0.717, 1.165) is 5.56 Å². The summed E-state index contributed by atoms with van der Waals surface area (Å²) in [5.41, 5.74) is 1.36. The van der Waals surface area contributed by atoms with Crippen LogP contribution in [0.3, 0.4) is 0 Å². The number of thioether (sulfide) groups is 1. The van der Waals surface area contributed by atoms with Crippen molar-refractivity contribution in [2.24, 2.45) is 4.99 Å². The third-order valence-corrected chi connectivity index (χ3v) is 6.08. The molecule has 0 aromatic heterocycles. The average molecular weight is 405 g/mol. The van der Waals surface area contributed by atoms with Crippen LogP contribution in [0.25, 0.3) is 0 Å².